The monoisotopic (exact) mass is 228 g/mol. The molecule has 0 spiro atoms. The third kappa shape index (κ3) is 5.26. The van der Waals surface area contributed by atoms with Crippen molar-refractivity contribution in [3.63, 3.8) is 0 Å². The molecule has 0 aromatic carbocycles. The molecule has 0 aromatic heterocycles. The van der Waals surface area contributed by atoms with Crippen LogP contribution < -0.4 is 10.6 Å². The topological polar surface area (TPSA) is 58.2 Å². The molecule has 16 heavy (non-hydrogen) atoms. The summed E-state index contributed by atoms with van der Waals surface area (Å²) in [5, 5.41) is 5.81. The molecule has 0 aromatic rings. The van der Waals surface area contributed by atoms with E-state index < -0.39 is 6.04 Å². The van der Waals surface area contributed by atoms with Gasteiger partial charge >= 0.3 is 0 Å². The number of amides is 1. The van der Waals surface area contributed by atoms with Crippen molar-refractivity contribution in [3.8, 4) is 0 Å². The number of carbonyl (C=O) groups is 2. The average Bonchev–Trinajstić information content (AvgIpc) is 2.14. The van der Waals surface area contributed by atoms with E-state index in [2.05, 4.69) is 10.6 Å². The smallest absolute Gasteiger partial charge is 0.237 e. The first-order chi connectivity index (χ1) is 7.25. The van der Waals surface area contributed by atoms with Gasteiger partial charge in [-0.1, -0.05) is 27.7 Å². The molecule has 0 fully saturated rings. The molecule has 0 rings (SSSR count). The molecule has 2 N–H and O–H groups in total. The number of Topliss-reactive ketones (excluding diaryl/α,β-unsaturated/α-hetero) is 1. The Bertz CT molecular complexity index is 249. The second-order valence-corrected chi connectivity index (χ2v) is 4.83. The largest absolute Gasteiger partial charge is 0.345 e. The van der Waals surface area contributed by atoms with Gasteiger partial charge in [0.05, 0.1) is 12.1 Å². The van der Waals surface area contributed by atoms with E-state index in [0.717, 1.165) is 0 Å². The highest BCUT2D eigenvalue weighted by atomic mass is 16.2. The molecular weight excluding hydrogens is 204 g/mol. The molecule has 0 radical (unpaired) electrons. The van der Waals surface area contributed by atoms with Gasteiger partial charge in [0.1, 0.15) is 0 Å². The molecule has 0 aliphatic rings. The first-order valence-electron chi connectivity index (χ1n) is 5.85. The molecule has 94 valence electrons. The summed E-state index contributed by atoms with van der Waals surface area (Å²) in [5.74, 6) is -0.121. The third-order valence-corrected chi connectivity index (χ3v) is 2.33. The summed E-state index contributed by atoms with van der Waals surface area (Å²) in [7, 11) is 0. The number of hydrogen-bond acceptors (Lipinski definition) is 3. The third-order valence-electron chi connectivity index (χ3n) is 2.33. The molecule has 0 bridgehead atoms. The fraction of sp³-hybridized carbons (Fsp3) is 0.833. The molecule has 0 heterocycles. The SMILES string of the molecule is CC(C)NC(C)C(=O)N[C@H](C)C(=O)C(C)C. The molecule has 1 unspecified atom stereocenters. The molecule has 4 heteroatoms. The van der Waals surface area contributed by atoms with Gasteiger partial charge in [-0.25, -0.2) is 0 Å². The van der Waals surface area contributed by atoms with Crippen molar-refractivity contribution in [2.24, 2.45) is 5.92 Å². The highest BCUT2D eigenvalue weighted by molar-refractivity contribution is 5.91. The van der Waals surface area contributed by atoms with Crippen LogP contribution in [0.3, 0.4) is 0 Å². The summed E-state index contributed by atoms with van der Waals surface area (Å²) in [6, 6.07) is -0.441. The summed E-state index contributed by atoms with van der Waals surface area (Å²) in [4.78, 5) is 23.3. The Kier molecular flexibility index (Phi) is 6.26. The van der Waals surface area contributed by atoms with Gasteiger partial charge in [-0.05, 0) is 13.8 Å². The van der Waals surface area contributed by atoms with Gasteiger partial charge in [-0.3, -0.25) is 9.59 Å². The minimum atomic E-state index is -0.413. The van der Waals surface area contributed by atoms with Crippen molar-refractivity contribution in [1.29, 1.82) is 0 Å². The van der Waals surface area contributed by atoms with Crippen LogP contribution in [0, 0.1) is 5.92 Å². The zero-order valence-electron chi connectivity index (χ0n) is 11.1. The van der Waals surface area contributed by atoms with E-state index in [0.29, 0.717) is 0 Å². The van der Waals surface area contributed by atoms with Crippen LogP contribution >= 0.6 is 0 Å². The van der Waals surface area contributed by atoms with Crippen LogP contribution in [0.15, 0.2) is 0 Å². The lowest BCUT2D eigenvalue weighted by molar-refractivity contribution is -0.129. The molecular formula is C12H24N2O2. The van der Waals surface area contributed by atoms with Crippen LogP contribution in [-0.2, 0) is 9.59 Å². The van der Waals surface area contributed by atoms with Crippen LogP contribution in [0.25, 0.3) is 0 Å². The first-order valence-corrected chi connectivity index (χ1v) is 5.85. The van der Waals surface area contributed by atoms with E-state index in [1.54, 1.807) is 13.8 Å². The number of nitrogens with one attached hydrogen (secondary N) is 2. The molecule has 0 aliphatic carbocycles. The van der Waals surface area contributed by atoms with Crippen molar-refractivity contribution < 1.29 is 9.59 Å². The lowest BCUT2D eigenvalue weighted by atomic mass is 10.0. The van der Waals surface area contributed by atoms with Crippen molar-refractivity contribution >= 4 is 11.7 Å². The van der Waals surface area contributed by atoms with Crippen LogP contribution in [0.1, 0.15) is 41.5 Å². The number of ketones is 1. The standard InChI is InChI=1S/C12H24N2O2/c1-7(2)11(15)9(5)14-12(16)10(6)13-8(3)4/h7-10,13H,1-6H3,(H,14,16)/t9-,10?/m1/s1. The Hall–Kier alpha value is -0.900. The van der Waals surface area contributed by atoms with Crippen molar-refractivity contribution in [2.45, 2.75) is 59.7 Å². The number of hydrogen-bond donors (Lipinski definition) is 2. The highest BCUT2D eigenvalue weighted by Gasteiger charge is 2.21. The van der Waals surface area contributed by atoms with Crippen LogP contribution in [-0.4, -0.2) is 29.8 Å². The van der Waals surface area contributed by atoms with E-state index in [-0.39, 0.29) is 29.7 Å². The van der Waals surface area contributed by atoms with E-state index in [1.807, 2.05) is 27.7 Å². The highest BCUT2D eigenvalue weighted by Crippen LogP contribution is 1.99. The normalized spacial score (nSPS) is 15.0. The van der Waals surface area contributed by atoms with Gasteiger partial charge in [0, 0.05) is 12.0 Å². The van der Waals surface area contributed by atoms with Gasteiger partial charge in [0.2, 0.25) is 5.91 Å². The summed E-state index contributed by atoms with van der Waals surface area (Å²) in [5.41, 5.74) is 0. The first kappa shape index (κ1) is 15.1. The molecule has 2 atom stereocenters. The van der Waals surface area contributed by atoms with Crippen molar-refractivity contribution in [3.05, 3.63) is 0 Å². The van der Waals surface area contributed by atoms with Crippen molar-refractivity contribution in [2.75, 3.05) is 0 Å². The summed E-state index contributed by atoms with van der Waals surface area (Å²) in [6.45, 7) is 11.1. The van der Waals surface area contributed by atoms with Gasteiger partial charge in [-0.15, -0.1) is 0 Å². The quantitative estimate of drug-likeness (QED) is 0.716. The maximum atomic E-state index is 11.7. The second kappa shape index (κ2) is 6.63. The van der Waals surface area contributed by atoms with Gasteiger partial charge in [0.25, 0.3) is 0 Å². The minimum absolute atomic E-state index is 0.0522. The molecule has 0 saturated carbocycles. The second-order valence-electron chi connectivity index (χ2n) is 4.83. The molecule has 4 nitrogen and oxygen atoms in total. The average molecular weight is 228 g/mol. The Morgan fingerprint density at radius 2 is 1.38 bits per heavy atom. The molecule has 0 saturated heterocycles. The van der Waals surface area contributed by atoms with Crippen LogP contribution in [0.4, 0.5) is 0 Å². The van der Waals surface area contributed by atoms with E-state index in [9.17, 15) is 9.59 Å². The predicted octanol–water partition coefficient (Wildman–Crippen LogP) is 1.10. The Morgan fingerprint density at radius 3 is 1.75 bits per heavy atom. The van der Waals surface area contributed by atoms with Crippen molar-refractivity contribution in [1.82, 2.24) is 10.6 Å². The van der Waals surface area contributed by atoms with E-state index in [1.165, 1.54) is 0 Å². The lowest BCUT2D eigenvalue weighted by Crippen LogP contribution is -2.50. The Labute approximate surface area is 98.2 Å². The Morgan fingerprint density at radius 1 is 0.875 bits per heavy atom. The summed E-state index contributed by atoms with van der Waals surface area (Å²) in [6.07, 6.45) is 0. The zero-order valence-corrected chi connectivity index (χ0v) is 11.1. The van der Waals surface area contributed by atoms with Gasteiger partial charge < -0.3 is 10.6 Å². The number of rotatable bonds is 6. The molecule has 0 aliphatic heterocycles. The minimum Gasteiger partial charge on any atom is -0.345 e. The maximum Gasteiger partial charge on any atom is 0.237 e. The maximum absolute atomic E-state index is 11.7. The number of carbonyl (C=O) groups excluding carboxylic acids is 2. The summed E-state index contributed by atoms with van der Waals surface area (Å²) >= 11 is 0. The van der Waals surface area contributed by atoms with E-state index in [4.69, 9.17) is 0 Å². The summed E-state index contributed by atoms with van der Waals surface area (Å²) < 4.78 is 0. The van der Waals surface area contributed by atoms with Gasteiger partial charge in [-0.2, -0.15) is 0 Å². The Balaban J connectivity index is 4.18. The zero-order chi connectivity index (χ0) is 12.9. The van der Waals surface area contributed by atoms with Crippen LogP contribution in [0.2, 0.25) is 0 Å². The fourth-order valence-corrected chi connectivity index (χ4v) is 1.49. The van der Waals surface area contributed by atoms with E-state index >= 15 is 0 Å². The lowest BCUT2D eigenvalue weighted by Gasteiger charge is -2.20. The fourth-order valence-electron chi connectivity index (χ4n) is 1.49. The predicted molar refractivity (Wildman–Crippen MR) is 65.2 cm³/mol. The van der Waals surface area contributed by atoms with Crippen LogP contribution in [0.5, 0.6) is 0 Å². The van der Waals surface area contributed by atoms with Gasteiger partial charge in [0.15, 0.2) is 5.78 Å². The molecule has 1 amide bonds.